The standard InChI is InChI=1S/C23H22ClFN6O2/c1-12-9-31(11-26-12)19-6-5-18(27-23(19)32-4)22-28-21(13(2)33-29-22)15-10-30(3)20-8-17(25)16(24)7-14(15)20/h5-11,13,21H,1-4H3,(H,28,29). The fraction of sp³-hybridized carbons (Fsp3) is 0.261. The lowest BCUT2D eigenvalue weighted by molar-refractivity contribution is -0.00453. The minimum absolute atomic E-state index is 0.0680. The van der Waals surface area contributed by atoms with E-state index in [0.717, 1.165) is 27.8 Å². The molecule has 0 spiro atoms. The first-order valence-corrected chi connectivity index (χ1v) is 10.7. The number of fused-ring (bicyclic) bond motifs is 1. The number of nitrogens with one attached hydrogen (secondary N) is 1. The summed E-state index contributed by atoms with van der Waals surface area (Å²) in [5.74, 6) is 0.437. The zero-order valence-corrected chi connectivity index (χ0v) is 19.3. The van der Waals surface area contributed by atoms with E-state index in [9.17, 15) is 4.39 Å². The van der Waals surface area contributed by atoms with Crippen molar-refractivity contribution in [2.45, 2.75) is 26.0 Å². The van der Waals surface area contributed by atoms with Crippen LogP contribution in [0.1, 0.15) is 29.9 Å². The van der Waals surface area contributed by atoms with Crippen molar-refractivity contribution in [2.75, 3.05) is 7.11 Å². The Morgan fingerprint density at radius 3 is 2.79 bits per heavy atom. The number of rotatable bonds is 4. The number of halogens is 2. The van der Waals surface area contributed by atoms with Crippen molar-refractivity contribution in [3.05, 3.63) is 70.8 Å². The first-order valence-electron chi connectivity index (χ1n) is 10.4. The van der Waals surface area contributed by atoms with Gasteiger partial charge in [-0.05, 0) is 38.1 Å². The van der Waals surface area contributed by atoms with Crippen LogP contribution in [-0.4, -0.2) is 38.2 Å². The van der Waals surface area contributed by atoms with E-state index < -0.39 is 5.82 Å². The van der Waals surface area contributed by atoms with Gasteiger partial charge in [-0.3, -0.25) is 9.83 Å². The molecule has 33 heavy (non-hydrogen) atoms. The Hall–Kier alpha value is -3.43. The van der Waals surface area contributed by atoms with Gasteiger partial charge < -0.3 is 13.9 Å². The molecule has 1 aromatic carbocycles. The zero-order valence-electron chi connectivity index (χ0n) is 18.5. The van der Waals surface area contributed by atoms with Gasteiger partial charge in [0.05, 0.1) is 29.7 Å². The zero-order chi connectivity index (χ0) is 23.3. The molecule has 170 valence electrons. The van der Waals surface area contributed by atoms with E-state index in [0.29, 0.717) is 17.4 Å². The molecule has 2 unspecified atom stereocenters. The minimum atomic E-state index is -0.458. The molecule has 8 nitrogen and oxygen atoms in total. The molecule has 0 fully saturated rings. The van der Waals surface area contributed by atoms with E-state index in [-0.39, 0.29) is 17.2 Å². The normalized spacial score (nSPS) is 18.3. The second-order valence-corrected chi connectivity index (χ2v) is 8.38. The van der Waals surface area contributed by atoms with Gasteiger partial charge in [0.1, 0.15) is 29.3 Å². The molecule has 0 aliphatic carbocycles. The molecule has 4 aromatic rings. The Labute approximate surface area is 194 Å². The summed E-state index contributed by atoms with van der Waals surface area (Å²) >= 11 is 6.07. The number of benzene rings is 1. The van der Waals surface area contributed by atoms with Crippen molar-refractivity contribution >= 4 is 28.3 Å². The average molecular weight is 469 g/mol. The molecule has 0 amide bonds. The van der Waals surface area contributed by atoms with E-state index in [1.807, 2.05) is 54.6 Å². The Morgan fingerprint density at radius 1 is 1.24 bits per heavy atom. The lowest BCUT2D eigenvalue weighted by atomic mass is 10.0. The summed E-state index contributed by atoms with van der Waals surface area (Å²) in [6, 6.07) is 6.44. The number of aromatic nitrogens is 4. The van der Waals surface area contributed by atoms with Gasteiger partial charge in [0, 0.05) is 30.4 Å². The summed E-state index contributed by atoms with van der Waals surface area (Å²) < 4.78 is 23.3. The van der Waals surface area contributed by atoms with Crippen molar-refractivity contribution < 1.29 is 14.0 Å². The Kier molecular flexibility index (Phi) is 5.30. The summed E-state index contributed by atoms with van der Waals surface area (Å²) in [6.07, 6.45) is 5.25. The number of aliphatic imine (C=N–C) groups is 1. The molecule has 1 N–H and O–H groups in total. The number of nitrogens with zero attached hydrogens (tertiary/aromatic N) is 5. The number of pyridine rings is 1. The number of aryl methyl sites for hydroxylation is 2. The van der Waals surface area contributed by atoms with E-state index in [2.05, 4.69) is 15.4 Å². The average Bonchev–Trinajstić information content (AvgIpc) is 3.37. The van der Waals surface area contributed by atoms with Gasteiger partial charge >= 0.3 is 0 Å². The van der Waals surface area contributed by atoms with E-state index in [1.54, 1.807) is 19.5 Å². The first-order chi connectivity index (χ1) is 15.9. The summed E-state index contributed by atoms with van der Waals surface area (Å²) in [6.45, 7) is 3.83. The number of amidine groups is 1. The van der Waals surface area contributed by atoms with Gasteiger partial charge in [0.25, 0.3) is 0 Å². The highest BCUT2D eigenvalue weighted by atomic mass is 35.5. The summed E-state index contributed by atoms with van der Waals surface area (Å²) in [7, 11) is 3.43. The maximum Gasteiger partial charge on any atom is 0.238 e. The van der Waals surface area contributed by atoms with Gasteiger partial charge in [-0.25, -0.2) is 19.8 Å². The van der Waals surface area contributed by atoms with E-state index >= 15 is 0 Å². The van der Waals surface area contributed by atoms with E-state index in [4.69, 9.17) is 26.2 Å². The Bertz CT molecular complexity index is 1400. The van der Waals surface area contributed by atoms with Crippen molar-refractivity contribution in [1.82, 2.24) is 24.6 Å². The lowest BCUT2D eigenvalue weighted by Gasteiger charge is -2.27. The molecule has 1 aliphatic heterocycles. The maximum absolute atomic E-state index is 14.0. The molecule has 1 aliphatic rings. The van der Waals surface area contributed by atoms with Crippen LogP contribution in [0.3, 0.4) is 0 Å². The van der Waals surface area contributed by atoms with Crippen LogP contribution in [0.15, 0.2) is 48.0 Å². The SMILES string of the molecule is COc1nc(C2=NC(c3cn(C)c4cc(F)c(Cl)cc34)C(C)ON2)ccc1-n1cnc(C)c1. The topological polar surface area (TPSA) is 78.5 Å². The third-order valence-electron chi connectivity index (χ3n) is 5.70. The molecule has 3 aromatic heterocycles. The third kappa shape index (κ3) is 3.73. The summed E-state index contributed by atoms with van der Waals surface area (Å²) in [5, 5.41) is 0.893. The van der Waals surface area contributed by atoms with Gasteiger partial charge in [-0.2, -0.15) is 0 Å². The number of methoxy groups -OCH3 is 1. The van der Waals surface area contributed by atoms with Crippen molar-refractivity contribution in [3.63, 3.8) is 0 Å². The molecule has 4 heterocycles. The van der Waals surface area contributed by atoms with Crippen LogP contribution in [0.2, 0.25) is 5.02 Å². The number of hydrogen-bond donors (Lipinski definition) is 1. The van der Waals surface area contributed by atoms with Gasteiger partial charge in [-0.15, -0.1) is 0 Å². The van der Waals surface area contributed by atoms with Crippen LogP contribution in [0.25, 0.3) is 16.6 Å². The minimum Gasteiger partial charge on any atom is -0.479 e. The van der Waals surface area contributed by atoms with Crippen LogP contribution in [0.5, 0.6) is 5.88 Å². The molecule has 10 heteroatoms. The quantitative estimate of drug-likeness (QED) is 0.483. The second kappa shape index (κ2) is 8.17. The molecule has 0 saturated heterocycles. The van der Waals surface area contributed by atoms with Crippen LogP contribution in [-0.2, 0) is 11.9 Å². The fourth-order valence-electron chi connectivity index (χ4n) is 4.03. The maximum atomic E-state index is 14.0. The fourth-order valence-corrected chi connectivity index (χ4v) is 4.20. The second-order valence-electron chi connectivity index (χ2n) is 7.97. The van der Waals surface area contributed by atoms with Gasteiger partial charge in [0.2, 0.25) is 5.88 Å². The van der Waals surface area contributed by atoms with Crippen molar-refractivity contribution in [2.24, 2.45) is 12.0 Å². The Balaban J connectivity index is 1.57. The molecule has 5 rings (SSSR count). The molecule has 0 saturated carbocycles. The van der Waals surface area contributed by atoms with Crippen LogP contribution >= 0.6 is 11.6 Å². The number of imidazole rings is 1. The van der Waals surface area contributed by atoms with Crippen LogP contribution < -0.4 is 10.2 Å². The van der Waals surface area contributed by atoms with E-state index in [1.165, 1.54) is 6.07 Å². The first kappa shape index (κ1) is 21.4. The van der Waals surface area contributed by atoms with Gasteiger partial charge in [-0.1, -0.05) is 11.6 Å². The molecule has 0 bridgehead atoms. The highest BCUT2D eigenvalue weighted by Crippen LogP contribution is 2.35. The van der Waals surface area contributed by atoms with Crippen molar-refractivity contribution in [3.8, 4) is 11.6 Å². The smallest absolute Gasteiger partial charge is 0.238 e. The molecule has 0 radical (unpaired) electrons. The highest BCUT2D eigenvalue weighted by molar-refractivity contribution is 6.31. The predicted octanol–water partition coefficient (Wildman–Crippen LogP) is 4.28. The summed E-state index contributed by atoms with van der Waals surface area (Å²) in [5.41, 5.74) is 6.72. The monoisotopic (exact) mass is 468 g/mol. The molecular formula is C23H22ClFN6O2. The number of hydroxylamine groups is 1. The summed E-state index contributed by atoms with van der Waals surface area (Å²) in [4.78, 5) is 19.6. The lowest BCUT2D eigenvalue weighted by Crippen LogP contribution is -2.38. The van der Waals surface area contributed by atoms with Crippen LogP contribution in [0, 0.1) is 12.7 Å². The predicted molar refractivity (Wildman–Crippen MR) is 123 cm³/mol. The van der Waals surface area contributed by atoms with Crippen LogP contribution in [0.4, 0.5) is 4.39 Å². The third-order valence-corrected chi connectivity index (χ3v) is 5.99. The number of ether oxygens (including phenoxy) is 1. The number of hydrogen-bond acceptors (Lipinski definition) is 6. The van der Waals surface area contributed by atoms with Crippen molar-refractivity contribution in [1.29, 1.82) is 0 Å². The molecular weight excluding hydrogens is 447 g/mol. The Morgan fingerprint density at radius 2 is 2.06 bits per heavy atom. The highest BCUT2D eigenvalue weighted by Gasteiger charge is 2.29. The molecule has 2 atom stereocenters. The van der Waals surface area contributed by atoms with Gasteiger partial charge in [0.15, 0.2) is 5.84 Å². The largest absolute Gasteiger partial charge is 0.479 e.